The van der Waals surface area contributed by atoms with E-state index in [2.05, 4.69) is 10.2 Å². The van der Waals surface area contributed by atoms with Crippen LogP contribution in [0, 0.1) is 0 Å². The molecule has 32 heavy (non-hydrogen) atoms. The van der Waals surface area contributed by atoms with Crippen LogP contribution in [-0.4, -0.2) is 49.9 Å². The number of ketones is 1. The summed E-state index contributed by atoms with van der Waals surface area (Å²) >= 11 is 0. The molecule has 6 heteroatoms. The van der Waals surface area contributed by atoms with Gasteiger partial charge in [-0.15, -0.1) is 0 Å². The van der Waals surface area contributed by atoms with Gasteiger partial charge in [-0.3, -0.25) is 9.59 Å². The van der Waals surface area contributed by atoms with E-state index in [1.807, 2.05) is 77.7 Å². The summed E-state index contributed by atoms with van der Waals surface area (Å²) < 4.78 is 5.21. The first-order valence-electron chi connectivity index (χ1n) is 10.7. The van der Waals surface area contributed by atoms with Gasteiger partial charge in [0.2, 0.25) is 0 Å². The minimum Gasteiger partial charge on any atom is -0.497 e. The first-order chi connectivity index (χ1) is 15.5. The normalized spacial score (nSPS) is 13.6. The molecule has 0 aromatic heterocycles. The fourth-order valence-corrected chi connectivity index (χ4v) is 3.85. The number of hydrogen-bond acceptors (Lipinski definition) is 5. The predicted octanol–water partition coefficient (Wildman–Crippen LogP) is 4.60. The van der Waals surface area contributed by atoms with Crippen LogP contribution in [0.1, 0.15) is 27.6 Å². The van der Waals surface area contributed by atoms with Gasteiger partial charge in [0.25, 0.3) is 5.91 Å². The lowest BCUT2D eigenvalue weighted by atomic mass is 10.1. The molecule has 4 rings (SSSR count). The molecule has 1 amide bonds. The summed E-state index contributed by atoms with van der Waals surface area (Å²) in [6.07, 6.45) is 0. The number of anilines is 3. The number of carbonyl (C=O) groups is 2. The van der Waals surface area contributed by atoms with Crippen molar-refractivity contribution < 1.29 is 14.3 Å². The number of hydrogen-bond donors (Lipinski definition) is 1. The minimum atomic E-state index is 0.0215. The van der Waals surface area contributed by atoms with Gasteiger partial charge < -0.3 is 19.9 Å². The molecule has 0 aliphatic carbocycles. The van der Waals surface area contributed by atoms with Crippen molar-refractivity contribution in [1.29, 1.82) is 0 Å². The third-order valence-electron chi connectivity index (χ3n) is 5.73. The zero-order chi connectivity index (χ0) is 22.5. The van der Waals surface area contributed by atoms with Gasteiger partial charge in [-0.25, -0.2) is 0 Å². The van der Waals surface area contributed by atoms with Crippen LogP contribution in [0.25, 0.3) is 0 Å². The molecule has 1 fully saturated rings. The lowest BCUT2D eigenvalue weighted by Crippen LogP contribution is -2.48. The fourth-order valence-electron chi connectivity index (χ4n) is 3.85. The number of piperazine rings is 1. The van der Waals surface area contributed by atoms with Crippen LogP contribution in [0.3, 0.4) is 0 Å². The summed E-state index contributed by atoms with van der Waals surface area (Å²) in [5, 5.41) is 3.35. The number of ether oxygens (including phenoxy) is 1. The first kappa shape index (κ1) is 21.4. The molecule has 1 aliphatic heterocycles. The van der Waals surface area contributed by atoms with Gasteiger partial charge in [-0.1, -0.05) is 12.1 Å². The Hall–Kier alpha value is -3.80. The molecule has 1 saturated heterocycles. The van der Waals surface area contributed by atoms with E-state index in [4.69, 9.17) is 4.74 Å². The van der Waals surface area contributed by atoms with Crippen molar-refractivity contribution in [3.63, 3.8) is 0 Å². The Labute approximate surface area is 188 Å². The maximum Gasteiger partial charge on any atom is 0.256 e. The molecular formula is C26H27N3O3. The van der Waals surface area contributed by atoms with Gasteiger partial charge >= 0.3 is 0 Å². The van der Waals surface area contributed by atoms with Gasteiger partial charge in [0, 0.05) is 43.1 Å². The summed E-state index contributed by atoms with van der Waals surface area (Å²) in [6.45, 7) is 4.35. The number of carbonyl (C=O) groups excluding carboxylic acids is 2. The van der Waals surface area contributed by atoms with E-state index in [1.165, 1.54) is 0 Å². The standard InChI is InChI=1S/C26H27N3O3/c1-19(30)20-7-11-22(12-8-20)28-15-17-29(18-16-28)26(31)24-5-3-4-6-25(24)27-21-9-13-23(32-2)14-10-21/h3-14,27H,15-18H2,1-2H3. The number of nitrogens with zero attached hydrogens (tertiary/aromatic N) is 2. The average Bonchev–Trinajstić information content (AvgIpc) is 2.84. The maximum absolute atomic E-state index is 13.3. The number of methoxy groups -OCH3 is 1. The highest BCUT2D eigenvalue weighted by molar-refractivity contribution is 6.00. The molecule has 3 aromatic rings. The second kappa shape index (κ2) is 9.56. The van der Waals surface area contributed by atoms with E-state index in [0.717, 1.165) is 35.9 Å². The zero-order valence-corrected chi connectivity index (χ0v) is 18.4. The topological polar surface area (TPSA) is 61.9 Å². The van der Waals surface area contributed by atoms with Crippen LogP contribution in [-0.2, 0) is 0 Å². The van der Waals surface area contributed by atoms with Crippen LogP contribution in [0.15, 0.2) is 72.8 Å². The molecule has 1 heterocycles. The van der Waals surface area contributed by atoms with Crippen molar-refractivity contribution in [2.75, 3.05) is 43.5 Å². The Balaban J connectivity index is 1.42. The smallest absolute Gasteiger partial charge is 0.256 e. The molecule has 0 saturated carbocycles. The van der Waals surface area contributed by atoms with Gasteiger partial charge in [0.05, 0.1) is 18.4 Å². The Morgan fingerprint density at radius 3 is 2.12 bits per heavy atom. The van der Waals surface area contributed by atoms with E-state index in [1.54, 1.807) is 14.0 Å². The molecule has 0 bridgehead atoms. The second-order valence-electron chi connectivity index (χ2n) is 7.78. The molecule has 1 N–H and O–H groups in total. The summed E-state index contributed by atoms with van der Waals surface area (Å²) in [5.74, 6) is 0.871. The van der Waals surface area contributed by atoms with E-state index >= 15 is 0 Å². The quantitative estimate of drug-likeness (QED) is 0.580. The molecule has 3 aromatic carbocycles. The summed E-state index contributed by atoms with van der Waals surface area (Å²) in [7, 11) is 1.64. The third-order valence-corrected chi connectivity index (χ3v) is 5.73. The van der Waals surface area contributed by atoms with E-state index in [0.29, 0.717) is 24.2 Å². The summed E-state index contributed by atoms with van der Waals surface area (Å²) in [5.41, 5.74) is 4.12. The van der Waals surface area contributed by atoms with Gasteiger partial charge in [0.15, 0.2) is 5.78 Å². The third kappa shape index (κ3) is 4.75. The SMILES string of the molecule is COc1ccc(Nc2ccccc2C(=O)N2CCN(c3ccc(C(C)=O)cc3)CC2)cc1. The lowest BCUT2D eigenvalue weighted by Gasteiger charge is -2.36. The van der Waals surface area contributed by atoms with Crippen LogP contribution in [0.5, 0.6) is 5.75 Å². The minimum absolute atomic E-state index is 0.0215. The molecule has 1 aliphatic rings. The van der Waals surface area contributed by atoms with Crippen molar-refractivity contribution in [1.82, 2.24) is 4.90 Å². The Bertz CT molecular complexity index is 1090. The van der Waals surface area contributed by atoms with E-state index in [9.17, 15) is 9.59 Å². The molecule has 6 nitrogen and oxygen atoms in total. The van der Waals surface area contributed by atoms with Crippen LogP contribution < -0.4 is 15.0 Å². The van der Waals surface area contributed by atoms with Crippen LogP contribution in [0.2, 0.25) is 0 Å². The predicted molar refractivity (Wildman–Crippen MR) is 127 cm³/mol. The van der Waals surface area contributed by atoms with E-state index < -0.39 is 0 Å². The lowest BCUT2D eigenvalue weighted by molar-refractivity contribution is 0.0747. The number of nitrogens with one attached hydrogen (secondary N) is 1. The summed E-state index contributed by atoms with van der Waals surface area (Å²) in [6, 6.07) is 22.9. The molecular weight excluding hydrogens is 402 g/mol. The monoisotopic (exact) mass is 429 g/mol. The Kier molecular flexibility index (Phi) is 6.40. The molecule has 164 valence electrons. The van der Waals surface area contributed by atoms with Crippen molar-refractivity contribution >= 4 is 28.8 Å². The van der Waals surface area contributed by atoms with Crippen molar-refractivity contribution in [2.45, 2.75) is 6.92 Å². The number of amides is 1. The number of benzene rings is 3. The first-order valence-corrected chi connectivity index (χ1v) is 10.7. The number of Topliss-reactive ketones (excluding diaryl/α,β-unsaturated/α-hetero) is 1. The Morgan fingerprint density at radius 1 is 0.844 bits per heavy atom. The Morgan fingerprint density at radius 2 is 1.50 bits per heavy atom. The van der Waals surface area contributed by atoms with Crippen molar-refractivity contribution in [3.05, 3.63) is 83.9 Å². The van der Waals surface area contributed by atoms with Gasteiger partial charge in [0.1, 0.15) is 5.75 Å². The highest BCUT2D eigenvalue weighted by Crippen LogP contribution is 2.25. The van der Waals surface area contributed by atoms with Gasteiger partial charge in [-0.05, 0) is 67.6 Å². The highest BCUT2D eigenvalue weighted by atomic mass is 16.5. The van der Waals surface area contributed by atoms with Crippen LogP contribution in [0.4, 0.5) is 17.1 Å². The zero-order valence-electron chi connectivity index (χ0n) is 18.4. The van der Waals surface area contributed by atoms with Gasteiger partial charge in [-0.2, -0.15) is 0 Å². The van der Waals surface area contributed by atoms with E-state index in [-0.39, 0.29) is 11.7 Å². The van der Waals surface area contributed by atoms with Crippen LogP contribution >= 0.6 is 0 Å². The number of para-hydroxylation sites is 1. The molecule has 0 atom stereocenters. The highest BCUT2D eigenvalue weighted by Gasteiger charge is 2.24. The second-order valence-corrected chi connectivity index (χ2v) is 7.78. The fraction of sp³-hybridized carbons (Fsp3) is 0.231. The summed E-state index contributed by atoms with van der Waals surface area (Å²) in [4.78, 5) is 28.9. The maximum atomic E-state index is 13.3. The molecule has 0 spiro atoms. The molecule has 0 radical (unpaired) electrons. The molecule has 0 unspecified atom stereocenters. The largest absolute Gasteiger partial charge is 0.497 e. The van der Waals surface area contributed by atoms with Crippen molar-refractivity contribution in [3.8, 4) is 5.75 Å². The number of rotatable bonds is 6. The van der Waals surface area contributed by atoms with Crippen molar-refractivity contribution in [2.24, 2.45) is 0 Å². The average molecular weight is 430 g/mol.